The van der Waals surface area contributed by atoms with Crippen molar-refractivity contribution in [2.24, 2.45) is 14.1 Å². The van der Waals surface area contributed by atoms with Gasteiger partial charge in [-0.15, -0.1) is 0 Å². The molecule has 0 bridgehead atoms. The molecular formula is C23H19N5O3. The molecule has 0 atom stereocenters. The lowest BCUT2D eigenvalue weighted by molar-refractivity contribution is 0.707. The van der Waals surface area contributed by atoms with Crippen LogP contribution in [0.4, 0.5) is 0 Å². The van der Waals surface area contributed by atoms with Crippen molar-refractivity contribution in [3.63, 3.8) is 0 Å². The number of rotatable bonds is 3. The molecule has 5 aromatic rings. The summed E-state index contributed by atoms with van der Waals surface area (Å²) in [6, 6.07) is 19.0. The maximum absolute atomic E-state index is 13.4. The lowest BCUT2D eigenvalue weighted by Gasteiger charge is -2.02. The fourth-order valence-electron chi connectivity index (χ4n) is 3.86. The number of hydrogen-bond donors (Lipinski definition) is 0. The van der Waals surface area contributed by atoms with Crippen LogP contribution < -0.4 is 22.2 Å². The summed E-state index contributed by atoms with van der Waals surface area (Å²) in [6.45, 7) is 0.295. The van der Waals surface area contributed by atoms with Gasteiger partial charge in [-0.05, 0) is 17.2 Å². The van der Waals surface area contributed by atoms with Crippen molar-refractivity contribution >= 4 is 23.0 Å². The third kappa shape index (κ3) is 2.83. The number of fused-ring (bicyclic) bond motifs is 3. The van der Waals surface area contributed by atoms with Crippen LogP contribution >= 0.6 is 0 Å². The average Bonchev–Trinajstić information content (AvgIpc) is 3.29. The summed E-state index contributed by atoms with van der Waals surface area (Å²) in [5.41, 5.74) is 0.972. The number of aryl methyl sites for hydroxylation is 1. The van der Waals surface area contributed by atoms with Crippen molar-refractivity contribution in [2.45, 2.75) is 6.54 Å². The molecule has 5 rings (SSSR count). The predicted molar refractivity (Wildman–Crippen MR) is 118 cm³/mol. The van der Waals surface area contributed by atoms with Crippen molar-refractivity contribution in [1.82, 2.24) is 23.1 Å². The third-order valence-corrected chi connectivity index (χ3v) is 5.47. The van der Waals surface area contributed by atoms with Gasteiger partial charge in [0.2, 0.25) is 5.78 Å². The number of benzene rings is 2. The highest BCUT2D eigenvalue weighted by atomic mass is 16.2. The zero-order valence-corrected chi connectivity index (χ0v) is 17.0. The molecule has 0 radical (unpaired) electrons. The van der Waals surface area contributed by atoms with Gasteiger partial charge in [0.15, 0.2) is 11.2 Å². The first-order chi connectivity index (χ1) is 15.0. The Labute approximate surface area is 175 Å². The Morgan fingerprint density at radius 1 is 0.839 bits per heavy atom. The zero-order valence-electron chi connectivity index (χ0n) is 17.0. The molecule has 0 spiro atoms. The normalized spacial score (nSPS) is 12.3. The lowest BCUT2D eigenvalue weighted by Crippen LogP contribution is -2.39. The largest absolute Gasteiger partial charge is 0.332 e. The lowest BCUT2D eigenvalue weighted by atomic mass is 10.2. The summed E-state index contributed by atoms with van der Waals surface area (Å²) >= 11 is 0. The fraction of sp³-hybridized carbons (Fsp3) is 0.130. The van der Waals surface area contributed by atoms with Crippen LogP contribution in [0.3, 0.4) is 0 Å². The van der Waals surface area contributed by atoms with Crippen molar-refractivity contribution in [1.29, 1.82) is 0 Å². The van der Waals surface area contributed by atoms with Gasteiger partial charge in [0.25, 0.3) is 11.1 Å². The maximum atomic E-state index is 13.4. The van der Waals surface area contributed by atoms with Crippen LogP contribution in [0.5, 0.6) is 0 Å². The van der Waals surface area contributed by atoms with Crippen molar-refractivity contribution in [3.8, 4) is 0 Å². The van der Waals surface area contributed by atoms with Crippen LogP contribution in [0.2, 0.25) is 0 Å². The molecule has 3 heterocycles. The van der Waals surface area contributed by atoms with Gasteiger partial charge in [-0.1, -0.05) is 60.7 Å². The van der Waals surface area contributed by atoms with Crippen LogP contribution in [0, 0.1) is 0 Å². The summed E-state index contributed by atoms with van der Waals surface area (Å²) in [5, 5.41) is 0.315. The summed E-state index contributed by atoms with van der Waals surface area (Å²) in [7, 11) is 2.99. The summed E-state index contributed by atoms with van der Waals surface area (Å²) in [5.74, 6) is 0.323. The Hall–Kier alpha value is -4.20. The SMILES string of the molecule is Cn1c(=O)c2c(nc3n(Cc4ccccc4)c(=O)c(=Cc4ccccc4)n23)n(C)c1=O. The van der Waals surface area contributed by atoms with Gasteiger partial charge in [0.1, 0.15) is 5.35 Å². The van der Waals surface area contributed by atoms with E-state index in [2.05, 4.69) is 4.98 Å². The monoisotopic (exact) mass is 413 g/mol. The second-order valence-electron chi connectivity index (χ2n) is 7.44. The van der Waals surface area contributed by atoms with E-state index in [1.807, 2.05) is 60.7 Å². The average molecular weight is 413 g/mol. The van der Waals surface area contributed by atoms with Gasteiger partial charge in [-0.2, -0.15) is 4.98 Å². The van der Waals surface area contributed by atoms with Gasteiger partial charge in [-0.3, -0.25) is 27.7 Å². The van der Waals surface area contributed by atoms with Crippen LogP contribution in [0.15, 0.2) is 75.0 Å². The Bertz CT molecular complexity index is 1670. The molecule has 0 saturated heterocycles. The molecular weight excluding hydrogens is 394 g/mol. The van der Waals surface area contributed by atoms with E-state index in [4.69, 9.17) is 0 Å². The topological polar surface area (TPSA) is 83.3 Å². The minimum Gasteiger partial charge on any atom is -0.279 e. The Kier molecular flexibility index (Phi) is 4.21. The van der Waals surface area contributed by atoms with Gasteiger partial charge in [0, 0.05) is 14.1 Å². The molecule has 0 saturated carbocycles. The smallest absolute Gasteiger partial charge is 0.279 e. The molecule has 3 aromatic heterocycles. The van der Waals surface area contributed by atoms with Crippen LogP contribution in [-0.4, -0.2) is 23.1 Å². The van der Waals surface area contributed by atoms with Gasteiger partial charge >= 0.3 is 5.69 Å². The molecule has 8 heteroatoms. The fourth-order valence-corrected chi connectivity index (χ4v) is 3.86. The van der Waals surface area contributed by atoms with Crippen LogP contribution in [-0.2, 0) is 20.6 Å². The van der Waals surface area contributed by atoms with E-state index in [9.17, 15) is 14.4 Å². The highest BCUT2D eigenvalue weighted by Crippen LogP contribution is 2.11. The number of aromatic nitrogens is 5. The second-order valence-corrected chi connectivity index (χ2v) is 7.44. The Balaban J connectivity index is 1.96. The van der Waals surface area contributed by atoms with Crippen molar-refractivity contribution in [2.75, 3.05) is 0 Å². The Morgan fingerprint density at radius 2 is 1.48 bits per heavy atom. The molecule has 0 aliphatic rings. The van der Waals surface area contributed by atoms with E-state index in [0.717, 1.165) is 15.7 Å². The number of hydrogen-bond acceptors (Lipinski definition) is 4. The first kappa shape index (κ1) is 18.8. The second kappa shape index (κ2) is 6.94. The minimum atomic E-state index is -0.495. The highest BCUT2D eigenvalue weighted by Gasteiger charge is 2.21. The van der Waals surface area contributed by atoms with Crippen LogP contribution in [0.25, 0.3) is 23.0 Å². The summed E-state index contributed by atoms with van der Waals surface area (Å²) in [6.07, 6.45) is 1.74. The summed E-state index contributed by atoms with van der Waals surface area (Å²) in [4.78, 5) is 43.4. The van der Waals surface area contributed by atoms with E-state index in [1.54, 1.807) is 17.5 Å². The maximum Gasteiger partial charge on any atom is 0.332 e. The third-order valence-electron chi connectivity index (χ3n) is 5.47. The summed E-state index contributed by atoms with van der Waals surface area (Å²) < 4.78 is 5.46. The molecule has 154 valence electrons. The Morgan fingerprint density at radius 3 is 2.16 bits per heavy atom. The molecule has 8 nitrogen and oxygen atoms in total. The van der Waals surface area contributed by atoms with E-state index < -0.39 is 11.2 Å². The van der Waals surface area contributed by atoms with E-state index in [-0.39, 0.29) is 16.7 Å². The van der Waals surface area contributed by atoms with Crippen LogP contribution in [0.1, 0.15) is 11.1 Å². The van der Waals surface area contributed by atoms with E-state index in [1.165, 1.54) is 16.2 Å². The van der Waals surface area contributed by atoms with E-state index in [0.29, 0.717) is 17.7 Å². The van der Waals surface area contributed by atoms with E-state index >= 15 is 0 Å². The predicted octanol–water partition coefficient (Wildman–Crippen LogP) is 0.643. The molecule has 31 heavy (non-hydrogen) atoms. The van der Waals surface area contributed by atoms with Crippen molar-refractivity contribution in [3.05, 3.63) is 108 Å². The van der Waals surface area contributed by atoms with Gasteiger partial charge in [-0.25, -0.2) is 4.79 Å². The molecule has 0 fully saturated rings. The zero-order chi connectivity index (χ0) is 21.7. The molecule has 0 unspecified atom stereocenters. The molecule has 2 aromatic carbocycles. The molecule has 0 N–H and O–H groups in total. The highest BCUT2D eigenvalue weighted by molar-refractivity contribution is 5.76. The number of imidazole rings is 2. The van der Waals surface area contributed by atoms with Crippen molar-refractivity contribution < 1.29 is 0 Å². The molecule has 0 aliphatic carbocycles. The minimum absolute atomic E-state index is 0.200. The van der Waals surface area contributed by atoms with Gasteiger partial charge < -0.3 is 0 Å². The molecule has 0 amide bonds. The molecule has 0 aliphatic heterocycles. The quantitative estimate of drug-likeness (QED) is 0.435. The number of nitrogens with zero attached hydrogens (tertiary/aromatic N) is 5. The standard InChI is InChI=1S/C23H19N5O3/c1-25-19-18(21(30)26(2)23(25)31)28-17(13-15-9-5-3-6-10-15)20(29)27(22(28)24-19)14-16-11-7-4-8-12-16/h3-13H,14H2,1-2H3. The first-order valence-electron chi connectivity index (χ1n) is 9.78. The first-order valence-corrected chi connectivity index (χ1v) is 9.78. The van der Waals surface area contributed by atoms with Gasteiger partial charge in [0.05, 0.1) is 6.54 Å².